The van der Waals surface area contributed by atoms with Gasteiger partial charge in [0, 0.05) is 30.5 Å². The van der Waals surface area contributed by atoms with Gasteiger partial charge in [-0.05, 0) is 18.1 Å². The van der Waals surface area contributed by atoms with Crippen LogP contribution in [-0.4, -0.2) is 33.7 Å². The molecule has 1 aromatic heterocycles. The number of primary amides is 1. The van der Waals surface area contributed by atoms with Gasteiger partial charge in [0.05, 0.1) is 13.2 Å². The number of ketones is 1. The predicted octanol–water partition coefficient (Wildman–Crippen LogP) is 2.31. The van der Waals surface area contributed by atoms with E-state index in [1.807, 2.05) is 36.4 Å². The minimum atomic E-state index is -0.896. The van der Waals surface area contributed by atoms with Gasteiger partial charge in [0.1, 0.15) is 34.8 Å². The van der Waals surface area contributed by atoms with Gasteiger partial charge in [-0.25, -0.2) is 4.68 Å². The molecule has 1 aliphatic carbocycles. The van der Waals surface area contributed by atoms with E-state index < -0.39 is 12.1 Å². The van der Waals surface area contributed by atoms with Crippen LogP contribution >= 0.6 is 0 Å². The van der Waals surface area contributed by atoms with Crippen LogP contribution in [0.5, 0.6) is 5.75 Å². The topological polar surface area (TPSA) is 145 Å². The fraction of sp³-hybridized carbons (Fsp3) is 0.292. The van der Waals surface area contributed by atoms with Crippen LogP contribution in [0.1, 0.15) is 53.0 Å². The molecule has 2 unspecified atom stereocenters. The third-order valence-corrected chi connectivity index (χ3v) is 5.92. The number of nitrogen functional groups attached to an aromatic ring is 1. The van der Waals surface area contributed by atoms with Crippen molar-refractivity contribution in [1.29, 1.82) is 0 Å². The van der Waals surface area contributed by atoms with Gasteiger partial charge in [-0.1, -0.05) is 42.5 Å². The number of aliphatic hydroxyl groups is 1. The third kappa shape index (κ3) is 4.59. The second kappa shape index (κ2) is 9.43. The smallest absolute Gasteiger partial charge is 0.254 e. The quantitative estimate of drug-likeness (QED) is 0.386. The van der Waals surface area contributed by atoms with E-state index in [1.54, 1.807) is 23.9 Å². The fourth-order valence-electron chi connectivity index (χ4n) is 4.17. The molecule has 1 aliphatic rings. The maximum Gasteiger partial charge on any atom is 0.254 e. The first kappa shape index (κ1) is 22.5. The summed E-state index contributed by atoms with van der Waals surface area (Å²) in [6, 6.07) is 14.5. The monoisotopic (exact) mass is 449 g/mol. The number of carbonyl (C=O) groups is 2. The maximum absolute atomic E-state index is 12.1. The Labute approximate surface area is 191 Å². The number of rotatable bonds is 8. The van der Waals surface area contributed by atoms with Crippen molar-refractivity contribution >= 4 is 17.5 Å². The van der Waals surface area contributed by atoms with Gasteiger partial charge >= 0.3 is 0 Å². The summed E-state index contributed by atoms with van der Waals surface area (Å²) in [4.78, 5) is 23.8. The van der Waals surface area contributed by atoms with Crippen LogP contribution in [0.15, 0.2) is 48.5 Å². The van der Waals surface area contributed by atoms with E-state index in [-0.39, 0.29) is 23.2 Å². The van der Waals surface area contributed by atoms with Gasteiger partial charge < -0.3 is 21.3 Å². The summed E-state index contributed by atoms with van der Waals surface area (Å²) in [6.45, 7) is 0.406. The Morgan fingerprint density at radius 3 is 2.64 bits per heavy atom. The molecule has 0 radical (unpaired) electrons. The summed E-state index contributed by atoms with van der Waals surface area (Å²) >= 11 is 0. The van der Waals surface area contributed by atoms with E-state index >= 15 is 0 Å². The Bertz CT molecular complexity index is 1170. The lowest BCUT2D eigenvalue weighted by Crippen LogP contribution is -2.20. The molecule has 172 valence electrons. The molecule has 4 rings (SSSR count). The highest BCUT2D eigenvalue weighted by Crippen LogP contribution is 2.34. The average molecular weight is 450 g/mol. The standard InChI is InChI=1S/C24H27N5O4/c1-33-19-5-3-2-4-18(19)24(32)27-13-14-6-8-15(9-7-14)21-20(23(26)31)22(25)29(28-21)16-10-11-17(30)12-16/h2-9,16,24,27,32H,10-13,25H2,1H3,(H2,26,31). The summed E-state index contributed by atoms with van der Waals surface area (Å²) in [7, 11) is 1.56. The molecule has 1 heterocycles. The lowest BCUT2D eigenvalue weighted by molar-refractivity contribution is -0.117. The van der Waals surface area contributed by atoms with E-state index in [4.69, 9.17) is 16.2 Å². The number of hydrogen-bond acceptors (Lipinski definition) is 7. The number of nitrogens with two attached hydrogens (primary N) is 2. The maximum atomic E-state index is 12.1. The Hall–Kier alpha value is -3.69. The van der Waals surface area contributed by atoms with E-state index in [0.717, 1.165) is 5.56 Å². The molecule has 1 fully saturated rings. The number of Topliss-reactive ketones (excluding diaryl/α,β-unsaturated/α-hetero) is 1. The summed E-state index contributed by atoms with van der Waals surface area (Å²) in [6.07, 6.45) is 0.574. The number of nitrogens with zero attached hydrogens (tertiary/aromatic N) is 2. The Morgan fingerprint density at radius 1 is 1.27 bits per heavy atom. The molecule has 0 bridgehead atoms. The molecule has 1 amide bonds. The first-order valence-corrected chi connectivity index (χ1v) is 10.7. The van der Waals surface area contributed by atoms with Crippen molar-refractivity contribution in [2.75, 3.05) is 12.8 Å². The van der Waals surface area contributed by atoms with E-state index in [1.165, 1.54) is 0 Å². The zero-order chi connectivity index (χ0) is 23.5. The van der Waals surface area contributed by atoms with Crippen LogP contribution in [0.2, 0.25) is 0 Å². The van der Waals surface area contributed by atoms with Crippen molar-refractivity contribution in [2.24, 2.45) is 5.73 Å². The van der Waals surface area contributed by atoms with E-state index in [2.05, 4.69) is 10.4 Å². The molecule has 9 heteroatoms. The van der Waals surface area contributed by atoms with Gasteiger partial charge in [0.25, 0.3) is 5.91 Å². The lowest BCUT2D eigenvalue weighted by Gasteiger charge is -2.16. The van der Waals surface area contributed by atoms with Crippen LogP contribution in [0.4, 0.5) is 5.82 Å². The summed E-state index contributed by atoms with van der Waals surface area (Å²) < 4.78 is 6.85. The van der Waals surface area contributed by atoms with Crippen molar-refractivity contribution in [1.82, 2.24) is 15.1 Å². The number of para-hydroxylation sites is 1. The van der Waals surface area contributed by atoms with Crippen LogP contribution < -0.4 is 21.5 Å². The molecule has 6 N–H and O–H groups in total. The number of methoxy groups -OCH3 is 1. The first-order valence-electron chi connectivity index (χ1n) is 10.7. The zero-order valence-electron chi connectivity index (χ0n) is 18.3. The van der Waals surface area contributed by atoms with Crippen LogP contribution in [0, 0.1) is 0 Å². The molecule has 1 saturated carbocycles. The largest absolute Gasteiger partial charge is 0.496 e. The first-order chi connectivity index (χ1) is 15.9. The highest BCUT2D eigenvalue weighted by atomic mass is 16.5. The van der Waals surface area contributed by atoms with Gasteiger partial charge in [-0.15, -0.1) is 0 Å². The Balaban J connectivity index is 1.52. The Morgan fingerprint density at radius 2 is 2.00 bits per heavy atom. The summed E-state index contributed by atoms with van der Waals surface area (Å²) in [5.74, 6) is 0.278. The van der Waals surface area contributed by atoms with Gasteiger partial charge in [0.2, 0.25) is 0 Å². The molecular weight excluding hydrogens is 422 g/mol. The van der Waals surface area contributed by atoms with Crippen molar-refractivity contribution < 1.29 is 19.4 Å². The molecule has 0 spiro atoms. The van der Waals surface area contributed by atoms with Crippen molar-refractivity contribution in [3.63, 3.8) is 0 Å². The molecule has 9 nitrogen and oxygen atoms in total. The molecule has 0 aliphatic heterocycles. The third-order valence-electron chi connectivity index (χ3n) is 5.92. The molecule has 2 atom stereocenters. The van der Waals surface area contributed by atoms with E-state index in [0.29, 0.717) is 48.4 Å². The number of ether oxygens (including phenoxy) is 1. The fourth-order valence-corrected chi connectivity index (χ4v) is 4.17. The summed E-state index contributed by atoms with van der Waals surface area (Å²) in [5.41, 5.74) is 14.6. The second-order valence-corrected chi connectivity index (χ2v) is 8.08. The van der Waals surface area contributed by atoms with Crippen LogP contribution in [0.25, 0.3) is 11.3 Å². The predicted molar refractivity (Wildman–Crippen MR) is 123 cm³/mol. The molecule has 0 saturated heterocycles. The molecular formula is C24H27N5O4. The lowest BCUT2D eigenvalue weighted by atomic mass is 10.0. The van der Waals surface area contributed by atoms with Crippen LogP contribution in [0.3, 0.4) is 0 Å². The average Bonchev–Trinajstić information content (AvgIpc) is 3.40. The van der Waals surface area contributed by atoms with Crippen molar-refractivity contribution in [3.8, 4) is 17.0 Å². The zero-order valence-corrected chi connectivity index (χ0v) is 18.3. The SMILES string of the molecule is COc1ccccc1C(O)NCc1ccc(-c2nn(C3CCC(=O)C3)c(N)c2C(N)=O)cc1. The number of benzene rings is 2. The van der Waals surface area contributed by atoms with Crippen molar-refractivity contribution in [2.45, 2.75) is 38.1 Å². The molecule has 33 heavy (non-hydrogen) atoms. The normalized spacial score (nSPS) is 16.7. The van der Waals surface area contributed by atoms with Crippen LogP contribution in [-0.2, 0) is 11.3 Å². The minimum Gasteiger partial charge on any atom is -0.496 e. The molecule has 3 aromatic rings. The number of nitrogens with one attached hydrogen (secondary N) is 1. The Kier molecular flexibility index (Phi) is 6.43. The highest BCUT2D eigenvalue weighted by Gasteiger charge is 2.30. The van der Waals surface area contributed by atoms with Gasteiger partial charge in [0.15, 0.2) is 0 Å². The van der Waals surface area contributed by atoms with Gasteiger partial charge in [-0.2, -0.15) is 5.10 Å². The van der Waals surface area contributed by atoms with E-state index in [9.17, 15) is 14.7 Å². The number of aromatic nitrogens is 2. The van der Waals surface area contributed by atoms with Gasteiger partial charge in [-0.3, -0.25) is 14.9 Å². The number of anilines is 1. The second-order valence-electron chi connectivity index (χ2n) is 8.08. The highest BCUT2D eigenvalue weighted by molar-refractivity contribution is 6.03. The molecule has 2 aromatic carbocycles. The summed E-state index contributed by atoms with van der Waals surface area (Å²) in [5, 5.41) is 18.1. The number of carbonyl (C=O) groups excluding carboxylic acids is 2. The minimum absolute atomic E-state index is 0.157. The number of aliphatic hydroxyl groups excluding tert-OH is 1. The number of amides is 1. The number of hydrogen-bond donors (Lipinski definition) is 4. The van der Waals surface area contributed by atoms with Crippen molar-refractivity contribution in [3.05, 3.63) is 65.2 Å².